The van der Waals surface area contributed by atoms with Crippen LogP contribution in [0, 0.1) is 15.5 Å². The minimum Gasteiger partial charge on any atom is -0.420 e. The number of nitrogens with one attached hydrogen (secondary N) is 2. The third kappa shape index (κ3) is 4.62. The van der Waals surface area contributed by atoms with Crippen LogP contribution in [-0.4, -0.2) is 40.2 Å². The highest BCUT2D eigenvalue weighted by Crippen LogP contribution is 2.23. The van der Waals surface area contributed by atoms with Crippen LogP contribution in [0.1, 0.15) is 18.2 Å². The van der Waals surface area contributed by atoms with Crippen molar-refractivity contribution in [2.75, 3.05) is 13.7 Å². The van der Waals surface area contributed by atoms with Gasteiger partial charge in [-0.1, -0.05) is 18.5 Å². The second-order valence-corrected chi connectivity index (χ2v) is 5.96. The summed E-state index contributed by atoms with van der Waals surface area (Å²) in [5.41, 5.74) is 1.70. The van der Waals surface area contributed by atoms with E-state index in [2.05, 4.69) is 4.98 Å². The number of quaternary nitrogens is 1. The summed E-state index contributed by atoms with van der Waals surface area (Å²) in [4.78, 5) is 27.1. The van der Waals surface area contributed by atoms with Gasteiger partial charge in [0.1, 0.15) is 6.54 Å². The number of thiazole rings is 1. The van der Waals surface area contributed by atoms with Crippen LogP contribution < -0.4 is 5.43 Å². The maximum absolute atomic E-state index is 12.2. The Balaban J connectivity index is 2.99. The molecular formula is C10H15ClN5O4S+. The minimum atomic E-state index is -0.897. The molecule has 1 unspecified atom stereocenters. The Bertz CT molecular complexity index is 551. The fourth-order valence-electron chi connectivity index (χ4n) is 1.43. The summed E-state index contributed by atoms with van der Waals surface area (Å²) in [5.74, 6) is -0.606. The van der Waals surface area contributed by atoms with Crippen LogP contribution in [-0.2, 0) is 11.3 Å². The fraction of sp³-hybridized carbons (Fsp3) is 0.500. The van der Waals surface area contributed by atoms with Crippen LogP contribution in [0.25, 0.3) is 0 Å². The highest BCUT2D eigenvalue weighted by Gasteiger charge is 2.43. The molecule has 0 saturated carbocycles. The summed E-state index contributed by atoms with van der Waals surface area (Å²) in [7, 11) is 1.35. The first-order valence-electron chi connectivity index (χ1n) is 5.92. The van der Waals surface area contributed by atoms with Crippen LogP contribution in [0.2, 0.25) is 4.47 Å². The van der Waals surface area contributed by atoms with E-state index in [1.54, 1.807) is 5.43 Å². The summed E-state index contributed by atoms with van der Waals surface area (Å²) in [6.45, 7) is 1.97. The minimum absolute atomic E-state index is 0.0212. The highest BCUT2D eigenvalue weighted by atomic mass is 35.5. The van der Waals surface area contributed by atoms with E-state index in [1.807, 2.05) is 6.92 Å². The molecule has 1 heterocycles. The van der Waals surface area contributed by atoms with E-state index in [9.17, 15) is 14.9 Å². The van der Waals surface area contributed by atoms with E-state index < -0.39 is 21.6 Å². The van der Waals surface area contributed by atoms with Gasteiger partial charge in [0, 0.05) is 6.20 Å². The van der Waals surface area contributed by atoms with Crippen molar-refractivity contribution in [1.29, 1.82) is 5.41 Å². The quantitative estimate of drug-likeness (QED) is 0.279. The zero-order chi connectivity index (χ0) is 16.0. The van der Waals surface area contributed by atoms with Gasteiger partial charge in [0.15, 0.2) is 9.50 Å². The number of carbonyl (C=O) groups excluding carboxylic acids is 1. The van der Waals surface area contributed by atoms with Gasteiger partial charge in [-0.15, -0.1) is 11.3 Å². The Labute approximate surface area is 129 Å². The average molecular weight is 337 g/mol. The van der Waals surface area contributed by atoms with Crippen LogP contribution in [0.15, 0.2) is 6.20 Å². The van der Waals surface area contributed by atoms with Gasteiger partial charge >= 0.3 is 12.1 Å². The molecule has 1 atom stereocenters. The molecule has 116 valence electrons. The van der Waals surface area contributed by atoms with Crippen LogP contribution >= 0.6 is 22.9 Å². The van der Waals surface area contributed by atoms with Gasteiger partial charge < -0.3 is 4.74 Å². The molecule has 0 aliphatic rings. The fourth-order valence-corrected chi connectivity index (χ4v) is 2.53. The highest BCUT2D eigenvalue weighted by molar-refractivity contribution is 7.15. The van der Waals surface area contributed by atoms with E-state index in [1.165, 1.54) is 13.2 Å². The number of amides is 1. The van der Waals surface area contributed by atoms with Crippen molar-refractivity contribution >= 4 is 35.0 Å². The van der Waals surface area contributed by atoms with Gasteiger partial charge in [0.25, 0.3) is 0 Å². The lowest BCUT2D eigenvalue weighted by atomic mass is 10.4. The largest absolute Gasteiger partial charge is 0.524 e. The van der Waals surface area contributed by atoms with Gasteiger partial charge in [-0.3, -0.25) is 0 Å². The van der Waals surface area contributed by atoms with Gasteiger partial charge in [-0.25, -0.2) is 20.5 Å². The molecular weight excluding hydrogens is 322 g/mol. The first kappa shape index (κ1) is 17.3. The summed E-state index contributed by atoms with van der Waals surface area (Å²) >= 11 is 6.85. The van der Waals surface area contributed by atoms with E-state index in [0.717, 1.165) is 11.3 Å². The SMILES string of the molecule is CCCOC(=O)[N+](C)(Cc1cnc(Cl)s1)C(=N)N[N+](=O)[O-]. The molecule has 21 heavy (non-hydrogen) atoms. The lowest BCUT2D eigenvalue weighted by Gasteiger charge is -2.26. The van der Waals surface area contributed by atoms with E-state index in [4.69, 9.17) is 21.7 Å². The number of aromatic nitrogens is 1. The van der Waals surface area contributed by atoms with Crippen molar-refractivity contribution in [3.05, 3.63) is 25.7 Å². The predicted octanol–water partition coefficient (Wildman–Crippen LogP) is 2.01. The molecule has 1 aromatic heterocycles. The zero-order valence-corrected chi connectivity index (χ0v) is 13.0. The molecule has 0 radical (unpaired) electrons. The normalized spacial score (nSPS) is 13.3. The molecule has 1 amide bonds. The average Bonchev–Trinajstić information content (AvgIpc) is 2.80. The Hall–Kier alpha value is -1.78. The maximum atomic E-state index is 12.2. The number of hydrogen-bond donors (Lipinski definition) is 2. The molecule has 0 aliphatic carbocycles. The molecule has 0 aromatic carbocycles. The second kappa shape index (κ2) is 7.29. The molecule has 0 spiro atoms. The maximum Gasteiger partial charge on any atom is 0.524 e. The number of guanidine groups is 1. The van der Waals surface area contributed by atoms with Crippen molar-refractivity contribution in [1.82, 2.24) is 10.4 Å². The summed E-state index contributed by atoms with van der Waals surface area (Å²) in [6.07, 6.45) is 1.30. The topological polar surface area (TPSA) is 118 Å². The van der Waals surface area contributed by atoms with Crippen molar-refractivity contribution in [3.63, 3.8) is 0 Å². The number of rotatable bonds is 5. The van der Waals surface area contributed by atoms with Crippen LogP contribution in [0.3, 0.4) is 0 Å². The molecule has 0 saturated heterocycles. The molecule has 1 rings (SSSR count). The first-order chi connectivity index (χ1) is 9.79. The number of hydrazine groups is 1. The Morgan fingerprint density at radius 1 is 1.71 bits per heavy atom. The molecule has 11 heteroatoms. The molecule has 0 bridgehead atoms. The van der Waals surface area contributed by atoms with Gasteiger partial charge in [-0.2, -0.15) is 9.28 Å². The van der Waals surface area contributed by atoms with Crippen molar-refractivity contribution in [2.24, 2.45) is 0 Å². The monoisotopic (exact) mass is 336 g/mol. The van der Waals surface area contributed by atoms with Gasteiger partial charge in [-0.05, 0) is 11.8 Å². The number of hydrogen-bond acceptors (Lipinski definition) is 7. The first-order valence-corrected chi connectivity index (χ1v) is 7.12. The lowest BCUT2D eigenvalue weighted by molar-refractivity contribution is -0.772. The van der Waals surface area contributed by atoms with Crippen LogP contribution in [0.4, 0.5) is 4.79 Å². The molecule has 0 fully saturated rings. The smallest absolute Gasteiger partial charge is 0.420 e. The molecule has 1 aromatic rings. The predicted molar refractivity (Wildman–Crippen MR) is 76.5 cm³/mol. The number of nitro groups is 1. The van der Waals surface area contributed by atoms with Gasteiger partial charge in [0.05, 0.1) is 18.5 Å². The van der Waals surface area contributed by atoms with Crippen LogP contribution in [0.5, 0.6) is 0 Å². The zero-order valence-electron chi connectivity index (χ0n) is 11.5. The standard InChI is InChI=1S/C10H15ClN5O4S/c1-3-4-20-10(17)16(2,9(12)14-15(18)19)6-7-5-13-8(11)21-7/h5H,3-4,6H2,1-2H3,(H2,12,14)/q+1. The molecule has 9 nitrogen and oxygen atoms in total. The number of halogens is 1. The second-order valence-electron chi connectivity index (χ2n) is 4.26. The molecule has 2 N–H and O–H groups in total. The Morgan fingerprint density at radius 2 is 2.38 bits per heavy atom. The molecule has 0 aliphatic heterocycles. The van der Waals surface area contributed by atoms with Crippen molar-refractivity contribution in [3.8, 4) is 0 Å². The summed E-state index contributed by atoms with van der Waals surface area (Å²) in [6, 6.07) is 0. The Morgan fingerprint density at radius 3 is 2.86 bits per heavy atom. The van der Waals surface area contributed by atoms with E-state index in [0.29, 0.717) is 11.3 Å². The van der Waals surface area contributed by atoms with Gasteiger partial charge in [0.2, 0.25) is 0 Å². The van der Waals surface area contributed by atoms with Crippen molar-refractivity contribution in [2.45, 2.75) is 19.9 Å². The summed E-state index contributed by atoms with van der Waals surface area (Å²) in [5, 5.41) is 17.4. The summed E-state index contributed by atoms with van der Waals surface area (Å²) < 4.78 is 4.57. The number of ether oxygens (including phenoxy) is 1. The third-order valence-electron chi connectivity index (χ3n) is 2.52. The Kier molecular flexibility index (Phi) is 6.00. The van der Waals surface area contributed by atoms with E-state index in [-0.39, 0.29) is 17.6 Å². The van der Waals surface area contributed by atoms with E-state index >= 15 is 0 Å². The third-order valence-corrected chi connectivity index (χ3v) is 3.62. The number of nitrogens with zero attached hydrogens (tertiary/aromatic N) is 3. The van der Waals surface area contributed by atoms with Crippen molar-refractivity contribution < 1.29 is 19.0 Å². The number of carbonyl (C=O) groups is 1. The lowest BCUT2D eigenvalue weighted by Crippen LogP contribution is -2.59.